The van der Waals surface area contributed by atoms with Crippen molar-refractivity contribution in [2.24, 2.45) is 5.92 Å². The van der Waals surface area contributed by atoms with Crippen LogP contribution in [0, 0.1) is 5.92 Å². The summed E-state index contributed by atoms with van der Waals surface area (Å²) in [4.78, 5) is 25.0. The number of nitrogens with zero attached hydrogens (tertiary/aromatic N) is 1. The average Bonchev–Trinajstić information content (AvgIpc) is 2.47. The highest BCUT2D eigenvalue weighted by Gasteiger charge is 2.20. The van der Waals surface area contributed by atoms with Gasteiger partial charge in [-0.25, -0.2) is 0 Å². The number of carboxylic acid groups (broad SMARTS) is 1. The van der Waals surface area contributed by atoms with Crippen LogP contribution in [-0.2, 0) is 20.7 Å². The van der Waals surface area contributed by atoms with Crippen molar-refractivity contribution in [1.82, 2.24) is 4.90 Å². The average molecular weight is 293 g/mol. The first-order valence-electron chi connectivity index (χ1n) is 7.08. The molecule has 21 heavy (non-hydrogen) atoms. The topological polar surface area (TPSA) is 66.8 Å². The minimum absolute atomic E-state index is 0.0506. The highest BCUT2D eigenvalue weighted by atomic mass is 16.5. The van der Waals surface area contributed by atoms with Crippen molar-refractivity contribution < 1.29 is 19.4 Å². The minimum atomic E-state index is -0.890. The van der Waals surface area contributed by atoms with E-state index in [-0.39, 0.29) is 12.5 Å². The zero-order valence-corrected chi connectivity index (χ0v) is 12.6. The van der Waals surface area contributed by atoms with Crippen LogP contribution in [0.3, 0.4) is 0 Å². The summed E-state index contributed by atoms with van der Waals surface area (Å²) >= 11 is 0. The predicted octanol–water partition coefficient (Wildman–Crippen LogP) is 1.81. The van der Waals surface area contributed by atoms with Crippen LogP contribution >= 0.6 is 0 Å². The van der Waals surface area contributed by atoms with Gasteiger partial charge in [0.2, 0.25) is 5.91 Å². The van der Waals surface area contributed by atoms with Crippen LogP contribution in [0.1, 0.15) is 18.9 Å². The Balaban J connectivity index is 2.64. The molecule has 0 saturated heterocycles. The van der Waals surface area contributed by atoms with Gasteiger partial charge in [-0.05, 0) is 12.0 Å². The largest absolute Gasteiger partial charge is 0.481 e. The lowest BCUT2D eigenvalue weighted by Crippen LogP contribution is -2.38. The summed E-state index contributed by atoms with van der Waals surface area (Å²) in [7, 11) is 1.61. The van der Waals surface area contributed by atoms with Crippen molar-refractivity contribution in [2.45, 2.75) is 19.8 Å². The molecule has 5 heteroatoms. The molecule has 1 amide bonds. The number of rotatable bonds is 9. The maximum absolute atomic E-state index is 12.4. The lowest BCUT2D eigenvalue weighted by atomic mass is 10.1. The Morgan fingerprint density at radius 1 is 1.29 bits per heavy atom. The molecule has 0 spiro atoms. The van der Waals surface area contributed by atoms with Crippen LogP contribution in [0.5, 0.6) is 0 Å². The first-order valence-corrected chi connectivity index (χ1v) is 7.08. The molecule has 1 aromatic carbocycles. The second kappa shape index (κ2) is 9.13. The number of carbonyl (C=O) groups excluding carboxylic acids is 1. The zero-order valence-electron chi connectivity index (χ0n) is 12.6. The first kappa shape index (κ1) is 17.2. The molecule has 0 aromatic heterocycles. The number of methoxy groups -OCH3 is 1. The van der Waals surface area contributed by atoms with E-state index in [2.05, 4.69) is 0 Å². The highest BCUT2D eigenvalue weighted by molar-refractivity contribution is 5.79. The summed E-state index contributed by atoms with van der Waals surface area (Å²) in [6.07, 6.45) is 0.990. The van der Waals surface area contributed by atoms with Gasteiger partial charge >= 0.3 is 5.97 Å². The second-order valence-electron chi connectivity index (χ2n) is 5.09. The second-order valence-corrected chi connectivity index (χ2v) is 5.09. The molecule has 0 fully saturated rings. The van der Waals surface area contributed by atoms with Gasteiger partial charge in [0.25, 0.3) is 0 Å². The molecule has 0 heterocycles. The molecule has 1 N–H and O–H groups in total. The van der Waals surface area contributed by atoms with Crippen LogP contribution in [-0.4, -0.2) is 48.7 Å². The van der Waals surface area contributed by atoms with Gasteiger partial charge in [0.05, 0.1) is 12.3 Å². The van der Waals surface area contributed by atoms with Crippen molar-refractivity contribution in [2.75, 3.05) is 26.8 Å². The fourth-order valence-corrected chi connectivity index (χ4v) is 2.01. The Morgan fingerprint density at radius 3 is 2.52 bits per heavy atom. The number of hydrogen-bond acceptors (Lipinski definition) is 3. The van der Waals surface area contributed by atoms with E-state index >= 15 is 0 Å². The summed E-state index contributed by atoms with van der Waals surface area (Å²) < 4.78 is 4.99. The lowest BCUT2D eigenvalue weighted by molar-refractivity contribution is -0.143. The van der Waals surface area contributed by atoms with Crippen molar-refractivity contribution in [3.05, 3.63) is 35.9 Å². The van der Waals surface area contributed by atoms with Crippen LogP contribution in [0.4, 0.5) is 0 Å². The Morgan fingerprint density at radius 2 is 1.95 bits per heavy atom. The van der Waals surface area contributed by atoms with Gasteiger partial charge in [0.15, 0.2) is 0 Å². The molecule has 1 atom stereocenters. The number of benzene rings is 1. The molecule has 0 aliphatic rings. The molecule has 1 unspecified atom stereocenters. The SMILES string of the molecule is COCCCN(CC(C)C(=O)O)C(=O)Cc1ccccc1. The van der Waals surface area contributed by atoms with Crippen LogP contribution in [0.25, 0.3) is 0 Å². The highest BCUT2D eigenvalue weighted by Crippen LogP contribution is 2.07. The van der Waals surface area contributed by atoms with Gasteiger partial charge in [-0.2, -0.15) is 0 Å². The number of ether oxygens (including phenoxy) is 1. The zero-order chi connectivity index (χ0) is 15.7. The predicted molar refractivity (Wildman–Crippen MR) is 80.0 cm³/mol. The standard InChI is InChI=1S/C16H23NO4/c1-13(16(19)20)12-17(9-6-10-21-2)15(18)11-14-7-4-3-5-8-14/h3-5,7-8,13H,6,9-12H2,1-2H3,(H,19,20). The Kier molecular flexibility index (Phi) is 7.46. The summed E-state index contributed by atoms with van der Waals surface area (Å²) in [6.45, 7) is 2.90. The van der Waals surface area contributed by atoms with Gasteiger partial charge in [-0.15, -0.1) is 0 Å². The van der Waals surface area contributed by atoms with Gasteiger partial charge in [0, 0.05) is 26.8 Å². The van der Waals surface area contributed by atoms with E-state index in [1.54, 1.807) is 18.9 Å². The molecule has 116 valence electrons. The van der Waals surface area contributed by atoms with Crippen LogP contribution < -0.4 is 0 Å². The van der Waals surface area contributed by atoms with Crippen molar-refractivity contribution in [3.8, 4) is 0 Å². The van der Waals surface area contributed by atoms with Gasteiger partial charge < -0.3 is 14.7 Å². The van der Waals surface area contributed by atoms with E-state index in [0.717, 1.165) is 5.56 Å². The van der Waals surface area contributed by atoms with E-state index in [0.29, 0.717) is 26.0 Å². The number of amides is 1. The first-order chi connectivity index (χ1) is 10.0. The Labute approximate surface area is 125 Å². The smallest absolute Gasteiger partial charge is 0.308 e. The van der Waals surface area contributed by atoms with Gasteiger partial charge in [0.1, 0.15) is 0 Å². The summed E-state index contributed by atoms with van der Waals surface area (Å²) in [5.74, 6) is -1.52. The van der Waals surface area contributed by atoms with Gasteiger partial charge in [-0.1, -0.05) is 37.3 Å². The third kappa shape index (κ3) is 6.40. The molecule has 0 aliphatic heterocycles. The third-order valence-electron chi connectivity index (χ3n) is 3.24. The molecule has 0 radical (unpaired) electrons. The normalized spacial score (nSPS) is 11.9. The van der Waals surface area contributed by atoms with Crippen molar-refractivity contribution in [1.29, 1.82) is 0 Å². The quantitative estimate of drug-likeness (QED) is 0.705. The lowest BCUT2D eigenvalue weighted by Gasteiger charge is -2.24. The Bertz CT molecular complexity index is 447. The molecule has 5 nitrogen and oxygen atoms in total. The maximum Gasteiger partial charge on any atom is 0.308 e. The number of hydrogen-bond donors (Lipinski definition) is 1. The van der Waals surface area contributed by atoms with Crippen molar-refractivity contribution in [3.63, 3.8) is 0 Å². The third-order valence-corrected chi connectivity index (χ3v) is 3.24. The monoisotopic (exact) mass is 293 g/mol. The van der Waals surface area contributed by atoms with Crippen LogP contribution in [0.2, 0.25) is 0 Å². The molecule has 0 bridgehead atoms. The fraction of sp³-hybridized carbons (Fsp3) is 0.500. The number of carboxylic acids is 1. The van der Waals surface area contributed by atoms with Gasteiger partial charge in [-0.3, -0.25) is 9.59 Å². The Hall–Kier alpha value is -1.88. The maximum atomic E-state index is 12.4. The molecule has 1 aromatic rings. The minimum Gasteiger partial charge on any atom is -0.481 e. The van der Waals surface area contributed by atoms with E-state index in [9.17, 15) is 9.59 Å². The van der Waals surface area contributed by atoms with E-state index in [1.165, 1.54) is 0 Å². The molecule has 1 rings (SSSR count). The molecule has 0 aliphatic carbocycles. The summed E-state index contributed by atoms with van der Waals surface area (Å²) in [5.41, 5.74) is 0.933. The van der Waals surface area contributed by atoms with Crippen molar-refractivity contribution >= 4 is 11.9 Å². The summed E-state index contributed by atoms with van der Waals surface area (Å²) in [5, 5.41) is 9.01. The molecular weight excluding hydrogens is 270 g/mol. The van der Waals surface area contributed by atoms with Crippen LogP contribution in [0.15, 0.2) is 30.3 Å². The molecular formula is C16H23NO4. The van der Waals surface area contributed by atoms with E-state index in [1.807, 2.05) is 30.3 Å². The summed E-state index contributed by atoms with van der Waals surface area (Å²) in [6, 6.07) is 9.46. The molecule has 0 saturated carbocycles. The number of carbonyl (C=O) groups is 2. The van der Waals surface area contributed by atoms with E-state index < -0.39 is 11.9 Å². The van der Waals surface area contributed by atoms with E-state index in [4.69, 9.17) is 9.84 Å². The fourth-order valence-electron chi connectivity index (χ4n) is 2.01. The number of aliphatic carboxylic acids is 1.